The summed E-state index contributed by atoms with van der Waals surface area (Å²) < 4.78 is 11.7. The van der Waals surface area contributed by atoms with Crippen molar-refractivity contribution in [3.63, 3.8) is 0 Å². The van der Waals surface area contributed by atoms with Crippen molar-refractivity contribution in [1.82, 2.24) is 4.57 Å². The number of aromatic nitrogens is 1. The minimum Gasteiger partial charge on any atom is -0.464 e. The number of carbonyl (C=O) groups excluding carboxylic acids is 1. The number of aryl methyl sites for hydroxylation is 1. The largest absolute Gasteiger partial charge is 0.464 e. The molecule has 19 heavy (non-hydrogen) atoms. The van der Waals surface area contributed by atoms with E-state index in [0.717, 1.165) is 11.3 Å². The van der Waals surface area contributed by atoms with E-state index in [1.807, 2.05) is 37.3 Å². The third kappa shape index (κ3) is 2.69. The van der Waals surface area contributed by atoms with Gasteiger partial charge < -0.3 is 14.0 Å². The van der Waals surface area contributed by atoms with E-state index >= 15 is 0 Å². The highest BCUT2D eigenvalue weighted by atomic mass is 16.5. The number of hydrogen-bond acceptors (Lipinski definition) is 3. The third-order valence-corrected chi connectivity index (χ3v) is 2.98. The summed E-state index contributed by atoms with van der Waals surface area (Å²) in [5.41, 5.74) is 3.65. The van der Waals surface area contributed by atoms with Crippen molar-refractivity contribution in [3.8, 4) is 11.3 Å². The molecule has 0 bridgehead atoms. The van der Waals surface area contributed by atoms with Gasteiger partial charge in [0.15, 0.2) is 0 Å². The van der Waals surface area contributed by atoms with Crippen LogP contribution in [0.5, 0.6) is 0 Å². The molecule has 0 unspecified atom stereocenters. The summed E-state index contributed by atoms with van der Waals surface area (Å²) in [6.45, 7) is 2.35. The van der Waals surface area contributed by atoms with Gasteiger partial charge in [0.2, 0.25) is 0 Å². The van der Waals surface area contributed by atoms with Crippen molar-refractivity contribution in [2.75, 3.05) is 14.2 Å². The molecule has 0 aliphatic rings. The van der Waals surface area contributed by atoms with Crippen LogP contribution in [0, 0.1) is 6.92 Å². The Kier molecular flexibility index (Phi) is 4.02. The van der Waals surface area contributed by atoms with Crippen LogP contribution in [0.1, 0.15) is 16.1 Å². The lowest BCUT2D eigenvalue weighted by Gasteiger charge is -2.11. The summed E-state index contributed by atoms with van der Waals surface area (Å²) in [6.07, 6.45) is 0. The molecular weight excluding hydrogens is 242 g/mol. The van der Waals surface area contributed by atoms with Gasteiger partial charge in [-0.3, -0.25) is 0 Å². The summed E-state index contributed by atoms with van der Waals surface area (Å²) in [5, 5.41) is 0. The average Bonchev–Trinajstić information content (AvgIpc) is 2.83. The molecule has 2 rings (SSSR count). The topological polar surface area (TPSA) is 40.5 Å². The number of hydrogen-bond donors (Lipinski definition) is 0. The number of nitrogens with zero attached hydrogens (tertiary/aromatic N) is 1. The van der Waals surface area contributed by atoms with Crippen molar-refractivity contribution in [2.45, 2.75) is 13.7 Å². The first-order chi connectivity index (χ1) is 9.17. The van der Waals surface area contributed by atoms with Gasteiger partial charge in [0, 0.05) is 7.11 Å². The maximum absolute atomic E-state index is 11.7. The van der Waals surface area contributed by atoms with Gasteiger partial charge in [-0.2, -0.15) is 0 Å². The van der Waals surface area contributed by atoms with Gasteiger partial charge in [-0.25, -0.2) is 4.79 Å². The summed E-state index contributed by atoms with van der Waals surface area (Å²) in [4.78, 5) is 11.7. The number of ether oxygens (including phenoxy) is 2. The third-order valence-electron chi connectivity index (χ3n) is 2.98. The lowest BCUT2D eigenvalue weighted by molar-refractivity contribution is 0.0568. The number of carbonyl (C=O) groups is 1. The van der Waals surface area contributed by atoms with Crippen molar-refractivity contribution in [3.05, 3.63) is 47.7 Å². The van der Waals surface area contributed by atoms with E-state index in [9.17, 15) is 4.79 Å². The number of benzene rings is 1. The fraction of sp³-hybridized carbons (Fsp3) is 0.267. The van der Waals surface area contributed by atoms with Crippen LogP contribution in [0.25, 0.3) is 11.3 Å². The monoisotopic (exact) mass is 259 g/mol. The first-order valence-electron chi connectivity index (χ1n) is 6.01. The van der Waals surface area contributed by atoms with Gasteiger partial charge in [0.25, 0.3) is 0 Å². The van der Waals surface area contributed by atoms with Gasteiger partial charge in [-0.05, 0) is 24.6 Å². The lowest BCUT2D eigenvalue weighted by Crippen LogP contribution is -2.12. The second kappa shape index (κ2) is 5.71. The Morgan fingerprint density at radius 2 is 1.79 bits per heavy atom. The highest BCUT2D eigenvalue weighted by Gasteiger charge is 2.16. The maximum atomic E-state index is 11.7. The molecule has 1 aromatic carbocycles. The summed E-state index contributed by atoms with van der Waals surface area (Å²) in [6, 6.07) is 11.8. The molecule has 0 atom stereocenters. The molecule has 0 aliphatic heterocycles. The number of esters is 1. The predicted molar refractivity (Wildman–Crippen MR) is 73.0 cm³/mol. The first-order valence-corrected chi connectivity index (χ1v) is 6.01. The van der Waals surface area contributed by atoms with E-state index in [4.69, 9.17) is 9.47 Å². The van der Waals surface area contributed by atoms with Crippen LogP contribution < -0.4 is 0 Å². The summed E-state index contributed by atoms with van der Waals surface area (Å²) in [7, 11) is 2.97. The Balaban J connectivity index is 2.48. The van der Waals surface area contributed by atoms with Crippen LogP contribution in [-0.4, -0.2) is 24.8 Å². The second-order valence-electron chi connectivity index (χ2n) is 4.31. The van der Waals surface area contributed by atoms with Crippen molar-refractivity contribution >= 4 is 5.97 Å². The Bertz CT molecular complexity index is 570. The van der Waals surface area contributed by atoms with E-state index in [1.165, 1.54) is 12.7 Å². The van der Waals surface area contributed by atoms with Crippen LogP contribution in [0.4, 0.5) is 0 Å². The Labute approximate surface area is 112 Å². The molecule has 0 aliphatic carbocycles. The van der Waals surface area contributed by atoms with Gasteiger partial charge in [0.1, 0.15) is 12.4 Å². The number of methoxy groups -OCH3 is 2. The standard InChI is InChI=1S/C15H17NO3/c1-11-4-6-12(7-5-11)13-8-9-14(15(17)19-3)16(13)10-18-2/h4-9H,10H2,1-3H3. The van der Waals surface area contributed by atoms with Crippen molar-refractivity contribution < 1.29 is 14.3 Å². The summed E-state index contributed by atoms with van der Waals surface area (Å²) in [5.74, 6) is -0.365. The van der Waals surface area contributed by atoms with E-state index < -0.39 is 0 Å². The Morgan fingerprint density at radius 3 is 2.37 bits per heavy atom. The zero-order valence-electron chi connectivity index (χ0n) is 11.3. The molecule has 4 nitrogen and oxygen atoms in total. The van der Waals surface area contributed by atoms with Crippen LogP contribution in [0.15, 0.2) is 36.4 Å². The summed E-state index contributed by atoms with van der Waals surface area (Å²) >= 11 is 0. The van der Waals surface area contributed by atoms with Gasteiger partial charge in [-0.1, -0.05) is 29.8 Å². The van der Waals surface area contributed by atoms with E-state index in [2.05, 4.69) is 0 Å². The molecule has 0 saturated heterocycles. The molecule has 0 saturated carbocycles. The lowest BCUT2D eigenvalue weighted by atomic mass is 10.1. The minimum absolute atomic E-state index is 0.306. The molecule has 0 amide bonds. The second-order valence-corrected chi connectivity index (χ2v) is 4.31. The van der Waals surface area contributed by atoms with E-state index in [0.29, 0.717) is 12.4 Å². The van der Waals surface area contributed by atoms with Gasteiger partial charge >= 0.3 is 5.97 Å². The smallest absolute Gasteiger partial charge is 0.354 e. The van der Waals surface area contributed by atoms with Crippen LogP contribution >= 0.6 is 0 Å². The molecule has 2 aromatic rings. The predicted octanol–water partition coefficient (Wildman–Crippen LogP) is 2.85. The molecule has 0 radical (unpaired) electrons. The minimum atomic E-state index is -0.365. The van der Waals surface area contributed by atoms with E-state index in [1.54, 1.807) is 17.7 Å². The quantitative estimate of drug-likeness (QED) is 0.793. The van der Waals surface area contributed by atoms with Crippen LogP contribution in [-0.2, 0) is 16.2 Å². The molecule has 4 heteroatoms. The Morgan fingerprint density at radius 1 is 1.11 bits per heavy atom. The zero-order chi connectivity index (χ0) is 13.8. The highest BCUT2D eigenvalue weighted by Crippen LogP contribution is 2.23. The normalized spacial score (nSPS) is 10.5. The number of rotatable bonds is 4. The molecule has 1 heterocycles. The average molecular weight is 259 g/mol. The molecule has 100 valence electrons. The maximum Gasteiger partial charge on any atom is 0.354 e. The van der Waals surface area contributed by atoms with Crippen LogP contribution in [0.2, 0.25) is 0 Å². The molecule has 1 aromatic heterocycles. The highest BCUT2D eigenvalue weighted by molar-refractivity contribution is 5.89. The molecular formula is C15H17NO3. The van der Waals surface area contributed by atoms with Gasteiger partial charge in [0.05, 0.1) is 12.8 Å². The Hall–Kier alpha value is -2.07. The van der Waals surface area contributed by atoms with Gasteiger partial charge in [-0.15, -0.1) is 0 Å². The van der Waals surface area contributed by atoms with E-state index in [-0.39, 0.29) is 5.97 Å². The fourth-order valence-corrected chi connectivity index (χ4v) is 1.99. The van der Waals surface area contributed by atoms with Crippen molar-refractivity contribution in [2.24, 2.45) is 0 Å². The molecule has 0 fully saturated rings. The fourth-order valence-electron chi connectivity index (χ4n) is 1.99. The zero-order valence-corrected chi connectivity index (χ0v) is 11.3. The van der Waals surface area contributed by atoms with Crippen LogP contribution in [0.3, 0.4) is 0 Å². The molecule has 0 N–H and O–H groups in total. The van der Waals surface area contributed by atoms with Crippen molar-refractivity contribution in [1.29, 1.82) is 0 Å². The molecule has 0 spiro atoms. The SMILES string of the molecule is COCn1c(C(=O)OC)ccc1-c1ccc(C)cc1. The first kappa shape index (κ1) is 13.4.